The van der Waals surface area contributed by atoms with Gasteiger partial charge in [-0.3, -0.25) is 9.69 Å². The highest BCUT2D eigenvalue weighted by Crippen LogP contribution is 2.33. The van der Waals surface area contributed by atoms with Crippen molar-refractivity contribution in [3.63, 3.8) is 0 Å². The minimum atomic E-state index is -0.153. The number of hydrogen-bond donors (Lipinski definition) is 0. The Morgan fingerprint density at radius 3 is 2.79 bits per heavy atom. The molecule has 4 rings (SSSR count). The van der Waals surface area contributed by atoms with Crippen LogP contribution < -0.4 is 0 Å². The van der Waals surface area contributed by atoms with Crippen LogP contribution in [0.5, 0.6) is 0 Å². The van der Waals surface area contributed by atoms with Crippen LogP contribution in [0.25, 0.3) is 0 Å². The predicted octanol–water partition coefficient (Wildman–Crippen LogP) is 4.52. The summed E-state index contributed by atoms with van der Waals surface area (Å²) >= 11 is 13.7. The van der Waals surface area contributed by atoms with E-state index in [1.54, 1.807) is 6.07 Å². The van der Waals surface area contributed by atoms with E-state index < -0.39 is 0 Å². The number of benzene rings is 2. The highest BCUT2D eigenvalue weighted by molar-refractivity contribution is 8.13. The molecule has 120 valence electrons. The fourth-order valence-corrected chi connectivity index (χ4v) is 4.16. The third-order valence-electron chi connectivity index (χ3n) is 3.74. The van der Waals surface area contributed by atoms with E-state index in [9.17, 15) is 4.79 Å². The van der Waals surface area contributed by atoms with Crippen molar-refractivity contribution in [2.24, 2.45) is 9.98 Å². The van der Waals surface area contributed by atoms with Crippen LogP contribution in [-0.4, -0.2) is 28.4 Å². The molecule has 0 aliphatic carbocycles. The second-order valence-electron chi connectivity index (χ2n) is 5.35. The molecule has 2 aromatic carbocycles. The SMILES string of the molecule is O=C1CN2C(SCc3ccc(Cl)cc3Cl)=Nc3ccccc3C2=N1. The Hall–Kier alpha value is -1.82. The third kappa shape index (κ3) is 2.83. The molecule has 0 unspecified atom stereocenters. The van der Waals surface area contributed by atoms with Crippen LogP contribution >= 0.6 is 35.0 Å². The van der Waals surface area contributed by atoms with Crippen LogP contribution in [0.1, 0.15) is 11.1 Å². The Labute approximate surface area is 153 Å². The fourth-order valence-electron chi connectivity index (χ4n) is 2.60. The van der Waals surface area contributed by atoms with Gasteiger partial charge in [0, 0.05) is 21.4 Å². The van der Waals surface area contributed by atoms with Gasteiger partial charge in [-0.15, -0.1) is 0 Å². The van der Waals surface area contributed by atoms with Gasteiger partial charge in [0.25, 0.3) is 5.91 Å². The summed E-state index contributed by atoms with van der Waals surface area (Å²) in [4.78, 5) is 22.5. The number of rotatable bonds is 2. The van der Waals surface area contributed by atoms with Crippen molar-refractivity contribution in [3.05, 3.63) is 63.6 Å². The summed E-state index contributed by atoms with van der Waals surface area (Å²) in [5.41, 5.74) is 2.68. The smallest absolute Gasteiger partial charge is 0.267 e. The number of halogens is 2. The first kappa shape index (κ1) is 15.7. The number of carbonyl (C=O) groups is 1. The van der Waals surface area contributed by atoms with Gasteiger partial charge < -0.3 is 0 Å². The van der Waals surface area contributed by atoms with E-state index in [1.807, 2.05) is 41.3 Å². The summed E-state index contributed by atoms with van der Waals surface area (Å²) in [6, 6.07) is 13.1. The summed E-state index contributed by atoms with van der Waals surface area (Å²) in [7, 11) is 0. The van der Waals surface area contributed by atoms with E-state index in [-0.39, 0.29) is 12.5 Å². The van der Waals surface area contributed by atoms with Gasteiger partial charge in [0.15, 0.2) is 5.17 Å². The Morgan fingerprint density at radius 2 is 1.96 bits per heavy atom. The molecule has 0 bridgehead atoms. The van der Waals surface area contributed by atoms with Gasteiger partial charge in [0.2, 0.25) is 0 Å². The van der Waals surface area contributed by atoms with Crippen molar-refractivity contribution >= 4 is 57.6 Å². The molecule has 0 aromatic heterocycles. The van der Waals surface area contributed by atoms with Gasteiger partial charge in [0.05, 0.1) is 5.69 Å². The summed E-state index contributed by atoms with van der Waals surface area (Å²) < 4.78 is 0. The standard InChI is InChI=1S/C17H11Cl2N3OS/c18-11-6-5-10(13(19)7-11)9-24-17-20-14-4-2-1-3-12(14)16-21-15(23)8-22(16)17/h1-7H,8-9H2. The van der Waals surface area contributed by atoms with Gasteiger partial charge in [-0.05, 0) is 29.8 Å². The number of nitrogens with zero attached hydrogens (tertiary/aromatic N) is 3. The van der Waals surface area contributed by atoms with Crippen molar-refractivity contribution in [3.8, 4) is 0 Å². The number of para-hydroxylation sites is 1. The van der Waals surface area contributed by atoms with Crippen molar-refractivity contribution in [2.45, 2.75) is 5.75 Å². The maximum Gasteiger partial charge on any atom is 0.267 e. The van der Waals surface area contributed by atoms with Crippen LogP contribution in [0.3, 0.4) is 0 Å². The number of carbonyl (C=O) groups excluding carboxylic acids is 1. The highest BCUT2D eigenvalue weighted by Gasteiger charge is 2.33. The number of amidine groups is 2. The lowest BCUT2D eigenvalue weighted by atomic mass is 10.1. The summed E-state index contributed by atoms with van der Waals surface area (Å²) in [5, 5.41) is 1.99. The first-order valence-corrected chi connectivity index (χ1v) is 9.00. The lowest BCUT2D eigenvalue weighted by Gasteiger charge is -2.26. The fraction of sp³-hybridized carbons (Fsp3) is 0.118. The van der Waals surface area contributed by atoms with E-state index >= 15 is 0 Å². The molecule has 0 atom stereocenters. The molecule has 24 heavy (non-hydrogen) atoms. The zero-order valence-electron chi connectivity index (χ0n) is 12.4. The summed E-state index contributed by atoms with van der Waals surface area (Å²) in [6.45, 7) is 0.226. The number of amides is 1. The molecule has 0 saturated heterocycles. The average molecular weight is 376 g/mol. The Balaban J connectivity index is 1.64. The van der Waals surface area contributed by atoms with Crippen molar-refractivity contribution < 1.29 is 4.79 Å². The highest BCUT2D eigenvalue weighted by atomic mass is 35.5. The Kier molecular flexibility index (Phi) is 4.08. The van der Waals surface area contributed by atoms with Crippen LogP contribution in [0.4, 0.5) is 5.69 Å². The van der Waals surface area contributed by atoms with Gasteiger partial charge >= 0.3 is 0 Å². The molecule has 2 heterocycles. The third-order valence-corrected chi connectivity index (χ3v) is 5.36. The Morgan fingerprint density at radius 1 is 1.12 bits per heavy atom. The quantitative estimate of drug-likeness (QED) is 0.774. The zero-order valence-corrected chi connectivity index (χ0v) is 14.7. The van der Waals surface area contributed by atoms with Gasteiger partial charge in [-0.25, -0.2) is 4.99 Å². The normalized spacial score (nSPS) is 15.8. The van der Waals surface area contributed by atoms with Crippen molar-refractivity contribution in [2.75, 3.05) is 6.54 Å². The minimum absolute atomic E-state index is 0.153. The molecule has 0 spiro atoms. The second-order valence-corrected chi connectivity index (χ2v) is 7.14. The first-order chi connectivity index (χ1) is 11.6. The van der Waals surface area contributed by atoms with E-state index in [1.165, 1.54) is 11.8 Å². The lowest BCUT2D eigenvalue weighted by Crippen LogP contribution is -2.36. The van der Waals surface area contributed by atoms with Crippen LogP contribution in [0.15, 0.2) is 52.4 Å². The maximum atomic E-state index is 11.8. The number of hydrogen-bond acceptors (Lipinski definition) is 4. The molecule has 0 radical (unpaired) electrons. The molecule has 2 aliphatic rings. The molecule has 0 saturated carbocycles. The molecule has 4 nitrogen and oxygen atoms in total. The molecule has 0 fully saturated rings. The van der Waals surface area contributed by atoms with E-state index in [0.717, 1.165) is 22.0 Å². The number of thioether (sulfide) groups is 1. The van der Waals surface area contributed by atoms with E-state index in [0.29, 0.717) is 21.6 Å². The van der Waals surface area contributed by atoms with Crippen LogP contribution in [0.2, 0.25) is 10.0 Å². The largest absolute Gasteiger partial charge is 0.295 e. The monoisotopic (exact) mass is 375 g/mol. The molecule has 0 N–H and O–H groups in total. The summed E-state index contributed by atoms with van der Waals surface area (Å²) in [5.74, 6) is 1.16. The Bertz CT molecular complexity index is 910. The van der Waals surface area contributed by atoms with Gasteiger partial charge in [0.1, 0.15) is 12.4 Å². The molecular weight excluding hydrogens is 365 g/mol. The molecule has 1 amide bonds. The lowest BCUT2D eigenvalue weighted by molar-refractivity contribution is -0.116. The van der Waals surface area contributed by atoms with E-state index in [2.05, 4.69) is 9.98 Å². The topological polar surface area (TPSA) is 45.0 Å². The van der Waals surface area contributed by atoms with E-state index in [4.69, 9.17) is 23.2 Å². The second kappa shape index (κ2) is 6.24. The zero-order chi connectivity index (χ0) is 16.7. The average Bonchev–Trinajstić information content (AvgIpc) is 2.96. The van der Waals surface area contributed by atoms with Crippen molar-refractivity contribution in [1.82, 2.24) is 4.90 Å². The molecular formula is C17H11Cl2N3OS. The van der Waals surface area contributed by atoms with Crippen LogP contribution in [0, 0.1) is 0 Å². The first-order valence-electron chi connectivity index (χ1n) is 7.26. The molecule has 2 aliphatic heterocycles. The number of fused-ring (bicyclic) bond motifs is 3. The minimum Gasteiger partial charge on any atom is -0.295 e. The molecule has 7 heteroatoms. The summed E-state index contributed by atoms with van der Waals surface area (Å²) in [6.07, 6.45) is 0. The van der Waals surface area contributed by atoms with Crippen LogP contribution in [-0.2, 0) is 10.5 Å². The number of aliphatic imine (C=N–C) groups is 2. The predicted molar refractivity (Wildman–Crippen MR) is 99.5 cm³/mol. The van der Waals surface area contributed by atoms with Gasteiger partial charge in [-0.1, -0.05) is 53.2 Å². The molecule has 2 aromatic rings. The maximum absolute atomic E-state index is 11.8. The van der Waals surface area contributed by atoms with Crippen molar-refractivity contribution in [1.29, 1.82) is 0 Å². The van der Waals surface area contributed by atoms with Gasteiger partial charge in [-0.2, -0.15) is 4.99 Å².